The first-order valence-electron chi connectivity index (χ1n) is 7.83. The predicted octanol–water partition coefficient (Wildman–Crippen LogP) is 3.94. The summed E-state index contributed by atoms with van der Waals surface area (Å²) >= 11 is 0. The van der Waals surface area contributed by atoms with Crippen LogP contribution in [0.4, 0.5) is 11.4 Å². The zero-order chi connectivity index (χ0) is 17.4. The Kier molecular flexibility index (Phi) is 3.53. The third-order valence-electron chi connectivity index (χ3n) is 4.15. The highest BCUT2D eigenvalue weighted by molar-refractivity contribution is 5.96. The number of pyridine rings is 1. The molecular weight excluding hydrogens is 318 g/mol. The van der Waals surface area contributed by atoms with Crippen molar-refractivity contribution in [1.82, 2.24) is 15.0 Å². The van der Waals surface area contributed by atoms with Gasteiger partial charge in [-0.1, -0.05) is 12.1 Å². The number of imidazole rings is 1. The van der Waals surface area contributed by atoms with E-state index in [9.17, 15) is 10.1 Å². The lowest BCUT2D eigenvalue weighted by atomic mass is 10.1. The normalized spacial score (nSPS) is 11.1. The summed E-state index contributed by atoms with van der Waals surface area (Å²) in [6.45, 7) is 2.49. The number of aryl methyl sites for hydroxylation is 1. The van der Waals surface area contributed by atoms with Gasteiger partial charge >= 0.3 is 0 Å². The molecule has 0 unspecified atom stereocenters. The van der Waals surface area contributed by atoms with Crippen LogP contribution in [0.15, 0.2) is 48.7 Å². The first-order valence-corrected chi connectivity index (χ1v) is 7.83. The van der Waals surface area contributed by atoms with Crippen LogP contribution >= 0.6 is 0 Å². The number of aromatic nitrogens is 3. The third kappa shape index (κ3) is 2.65. The number of nitrogens with zero attached hydrogens (tertiary/aromatic N) is 3. The van der Waals surface area contributed by atoms with Crippen molar-refractivity contribution in [1.29, 1.82) is 0 Å². The smallest absolute Gasteiger partial charge is 0.278 e. The van der Waals surface area contributed by atoms with Crippen LogP contribution in [0, 0.1) is 17.0 Å². The van der Waals surface area contributed by atoms with E-state index in [1.165, 1.54) is 6.07 Å². The molecule has 25 heavy (non-hydrogen) atoms. The number of rotatable bonds is 4. The minimum absolute atomic E-state index is 0.0491. The molecule has 0 aliphatic carbocycles. The molecule has 4 rings (SSSR count). The molecule has 0 aliphatic rings. The summed E-state index contributed by atoms with van der Waals surface area (Å²) in [5.41, 5.74) is 4.41. The maximum Gasteiger partial charge on any atom is 0.278 e. The first-order chi connectivity index (χ1) is 12.1. The van der Waals surface area contributed by atoms with Crippen LogP contribution in [0.3, 0.4) is 0 Å². The van der Waals surface area contributed by atoms with E-state index in [1.807, 2.05) is 25.1 Å². The summed E-state index contributed by atoms with van der Waals surface area (Å²) in [4.78, 5) is 23.0. The summed E-state index contributed by atoms with van der Waals surface area (Å²) in [6, 6.07) is 12.6. The van der Waals surface area contributed by atoms with Crippen LogP contribution in [-0.4, -0.2) is 19.9 Å². The van der Waals surface area contributed by atoms with Crippen molar-refractivity contribution in [3.8, 4) is 0 Å². The minimum Gasteiger partial charge on any atom is -0.376 e. The molecule has 7 nitrogen and oxygen atoms in total. The van der Waals surface area contributed by atoms with E-state index in [0.717, 1.165) is 28.1 Å². The van der Waals surface area contributed by atoms with E-state index in [-0.39, 0.29) is 5.69 Å². The maximum absolute atomic E-state index is 11.2. The zero-order valence-corrected chi connectivity index (χ0v) is 13.5. The topological polar surface area (TPSA) is 96.7 Å². The summed E-state index contributed by atoms with van der Waals surface area (Å²) < 4.78 is 0. The number of nitro groups is 1. The number of aromatic amines is 1. The Labute approximate surface area is 142 Å². The fraction of sp³-hybridized carbons (Fsp3) is 0.111. The van der Waals surface area contributed by atoms with Crippen molar-refractivity contribution < 1.29 is 4.92 Å². The predicted molar refractivity (Wildman–Crippen MR) is 96.6 cm³/mol. The molecule has 7 heteroatoms. The van der Waals surface area contributed by atoms with Crippen molar-refractivity contribution in [3.05, 3.63) is 70.2 Å². The van der Waals surface area contributed by atoms with Crippen LogP contribution in [-0.2, 0) is 6.54 Å². The Morgan fingerprint density at radius 3 is 2.84 bits per heavy atom. The second-order valence-electron chi connectivity index (χ2n) is 5.80. The largest absolute Gasteiger partial charge is 0.376 e. The van der Waals surface area contributed by atoms with Crippen LogP contribution in [0.2, 0.25) is 0 Å². The van der Waals surface area contributed by atoms with Gasteiger partial charge in [0.15, 0.2) is 0 Å². The molecule has 0 radical (unpaired) electrons. The van der Waals surface area contributed by atoms with Gasteiger partial charge in [-0.2, -0.15) is 0 Å². The summed E-state index contributed by atoms with van der Waals surface area (Å²) in [7, 11) is 0. The van der Waals surface area contributed by atoms with E-state index < -0.39 is 4.92 Å². The number of para-hydroxylation sites is 1. The number of H-pyrrole nitrogens is 1. The van der Waals surface area contributed by atoms with E-state index >= 15 is 0 Å². The third-order valence-corrected chi connectivity index (χ3v) is 4.15. The van der Waals surface area contributed by atoms with Gasteiger partial charge in [-0.05, 0) is 36.8 Å². The van der Waals surface area contributed by atoms with Crippen molar-refractivity contribution in [2.24, 2.45) is 0 Å². The minimum atomic E-state index is -0.393. The molecule has 0 atom stereocenters. The molecule has 0 spiro atoms. The molecule has 2 N–H and O–H groups in total. The Balaban J connectivity index is 1.67. The fourth-order valence-corrected chi connectivity index (χ4v) is 2.95. The van der Waals surface area contributed by atoms with Gasteiger partial charge in [-0.15, -0.1) is 0 Å². The highest BCUT2D eigenvalue weighted by atomic mass is 16.6. The van der Waals surface area contributed by atoms with Gasteiger partial charge in [0.2, 0.25) is 0 Å². The number of benzene rings is 2. The molecule has 0 saturated carbocycles. The Morgan fingerprint density at radius 2 is 2.04 bits per heavy atom. The molecule has 0 bridgehead atoms. The average Bonchev–Trinajstić information content (AvgIpc) is 3.04. The quantitative estimate of drug-likeness (QED) is 0.435. The van der Waals surface area contributed by atoms with Gasteiger partial charge in [-0.3, -0.25) is 15.1 Å². The van der Waals surface area contributed by atoms with Gasteiger partial charge in [0.25, 0.3) is 5.69 Å². The van der Waals surface area contributed by atoms with Gasteiger partial charge in [0, 0.05) is 12.3 Å². The lowest BCUT2D eigenvalue weighted by molar-refractivity contribution is -0.383. The molecule has 124 valence electrons. The first kappa shape index (κ1) is 15.1. The number of fused-ring (bicyclic) bond motifs is 2. The molecule has 2 heterocycles. The van der Waals surface area contributed by atoms with Crippen molar-refractivity contribution in [3.63, 3.8) is 0 Å². The van der Waals surface area contributed by atoms with Crippen molar-refractivity contribution in [2.75, 3.05) is 5.32 Å². The Morgan fingerprint density at radius 1 is 1.16 bits per heavy atom. The summed E-state index contributed by atoms with van der Waals surface area (Å²) in [6.07, 6.45) is 1.63. The van der Waals surface area contributed by atoms with Gasteiger partial charge < -0.3 is 10.3 Å². The van der Waals surface area contributed by atoms with Crippen LogP contribution < -0.4 is 5.32 Å². The number of nitrogens with one attached hydrogen (secondary N) is 2. The Hall–Kier alpha value is -3.48. The Bertz CT molecular complexity index is 1100. The molecule has 2 aromatic heterocycles. The van der Waals surface area contributed by atoms with E-state index in [2.05, 4.69) is 20.3 Å². The highest BCUT2D eigenvalue weighted by Gasteiger charge is 2.15. The summed E-state index contributed by atoms with van der Waals surface area (Å²) in [5, 5.41) is 15.0. The summed E-state index contributed by atoms with van der Waals surface area (Å²) in [5.74, 6) is 0.798. The second-order valence-corrected chi connectivity index (χ2v) is 5.80. The highest BCUT2D eigenvalue weighted by Crippen LogP contribution is 2.30. The molecule has 0 fully saturated rings. The van der Waals surface area contributed by atoms with Gasteiger partial charge in [0.05, 0.1) is 33.6 Å². The molecule has 2 aromatic carbocycles. The lowest BCUT2D eigenvalue weighted by Crippen LogP contribution is -2.03. The van der Waals surface area contributed by atoms with Crippen LogP contribution in [0.1, 0.15) is 11.4 Å². The van der Waals surface area contributed by atoms with Crippen molar-refractivity contribution >= 4 is 33.3 Å². The zero-order valence-electron chi connectivity index (χ0n) is 13.5. The number of hydrogen-bond acceptors (Lipinski definition) is 5. The SMILES string of the molecule is Cc1cccc2[nH]c(CNc3ccc([N+](=O)[O-])c4cccnc34)nc12. The maximum atomic E-state index is 11.2. The molecule has 0 amide bonds. The van der Waals surface area contributed by atoms with Crippen LogP contribution in [0.5, 0.6) is 0 Å². The van der Waals surface area contributed by atoms with E-state index in [4.69, 9.17) is 0 Å². The molecule has 4 aromatic rings. The van der Waals surface area contributed by atoms with E-state index in [1.54, 1.807) is 24.4 Å². The van der Waals surface area contributed by atoms with E-state index in [0.29, 0.717) is 17.4 Å². The number of nitro benzene ring substituents is 1. The second kappa shape index (κ2) is 5.86. The molecular formula is C18H15N5O2. The number of non-ortho nitro benzene ring substituents is 1. The lowest BCUT2D eigenvalue weighted by Gasteiger charge is -2.08. The van der Waals surface area contributed by atoms with Crippen LogP contribution in [0.25, 0.3) is 21.9 Å². The van der Waals surface area contributed by atoms with Crippen molar-refractivity contribution in [2.45, 2.75) is 13.5 Å². The fourth-order valence-electron chi connectivity index (χ4n) is 2.95. The monoisotopic (exact) mass is 333 g/mol. The van der Waals surface area contributed by atoms with Gasteiger partial charge in [-0.25, -0.2) is 4.98 Å². The molecule has 0 saturated heterocycles. The number of hydrogen-bond donors (Lipinski definition) is 2. The number of anilines is 1. The van der Waals surface area contributed by atoms with Gasteiger partial charge in [0.1, 0.15) is 11.3 Å². The average molecular weight is 333 g/mol. The standard InChI is InChI=1S/C18H15N5O2/c1-11-4-2-6-14-17(11)22-16(21-14)10-20-13-7-8-15(23(24)25)12-5-3-9-19-18(12)13/h2-9,20H,10H2,1H3,(H,21,22). The molecule has 0 aliphatic heterocycles.